The Labute approximate surface area is 232 Å². The van der Waals surface area contributed by atoms with E-state index in [1.54, 1.807) is 18.2 Å². The van der Waals surface area contributed by atoms with Crippen LogP contribution in [0.5, 0.6) is 11.5 Å². The highest BCUT2D eigenvalue weighted by Crippen LogP contribution is 2.42. The van der Waals surface area contributed by atoms with Crippen LogP contribution in [0.3, 0.4) is 0 Å². The lowest BCUT2D eigenvalue weighted by atomic mass is 10.1. The van der Waals surface area contributed by atoms with Crippen LogP contribution in [0.25, 0.3) is 10.8 Å². The number of benzene rings is 4. The number of imide groups is 1. The van der Waals surface area contributed by atoms with Crippen LogP contribution in [0.15, 0.2) is 66.7 Å². The molecule has 0 bridgehead atoms. The molecule has 0 aliphatic rings. The molecule has 0 aliphatic heterocycles. The third-order valence-electron chi connectivity index (χ3n) is 5.47. The van der Waals surface area contributed by atoms with Gasteiger partial charge in [-0.3, -0.25) is 14.6 Å². The maximum Gasteiger partial charge on any atom is 0.330 e. The second kappa shape index (κ2) is 10.8. The van der Waals surface area contributed by atoms with Crippen molar-refractivity contribution < 1.29 is 14.3 Å². The van der Waals surface area contributed by atoms with Gasteiger partial charge in [0.05, 0.1) is 25.7 Å². The second-order valence-electron chi connectivity index (χ2n) is 7.73. The Bertz CT molecular complexity index is 1470. The van der Waals surface area contributed by atoms with Crippen molar-refractivity contribution in [2.75, 3.05) is 19.0 Å². The first-order valence-electron chi connectivity index (χ1n) is 10.4. The highest BCUT2D eigenvalue weighted by molar-refractivity contribution is 6.40. The summed E-state index contributed by atoms with van der Waals surface area (Å²) in [6.07, 6.45) is 0. The molecule has 0 saturated heterocycles. The summed E-state index contributed by atoms with van der Waals surface area (Å²) in [6, 6.07) is 18.0. The van der Waals surface area contributed by atoms with E-state index in [0.29, 0.717) is 16.5 Å². The molecule has 4 aromatic carbocycles. The minimum absolute atomic E-state index is 0.0279. The summed E-state index contributed by atoms with van der Waals surface area (Å²) in [7, 11) is 2.81. The van der Waals surface area contributed by atoms with Gasteiger partial charge in [0.15, 0.2) is 5.75 Å². The first-order valence-corrected chi connectivity index (χ1v) is 12.3. The molecule has 10 heteroatoms. The zero-order chi connectivity index (χ0) is 26.1. The van der Waals surface area contributed by atoms with E-state index < -0.39 is 11.9 Å². The van der Waals surface area contributed by atoms with Crippen LogP contribution in [-0.4, -0.2) is 30.9 Å². The first kappa shape index (κ1) is 26.4. The lowest BCUT2D eigenvalue weighted by Crippen LogP contribution is -2.42. The lowest BCUT2D eigenvalue weighted by molar-refractivity contribution is 0.0837. The number of anilines is 1. The minimum atomic E-state index is -0.658. The molecular weight excluding hydrogens is 566 g/mol. The van der Waals surface area contributed by atoms with Gasteiger partial charge in [0.2, 0.25) is 0 Å². The van der Waals surface area contributed by atoms with Crippen molar-refractivity contribution in [1.82, 2.24) is 4.90 Å². The molecule has 36 heavy (non-hydrogen) atoms. The summed E-state index contributed by atoms with van der Waals surface area (Å²) in [5, 5.41) is 2.79. The van der Waals surface area contributed by atoms with Crippen molar-refractivity contribution in [2.45, 2.75) is 0 Å². The summed E-state index contributed by atoms with van der Waals surface area (Å²) in [5.74, 6) is 0.0647. The fraction of sp³-hybridized carbons (Fsp3) is 0.0769. The molecule has 0 heterocycles. The topological polar surface area (TPSA) is 49.9 Å². The number of nitrogens with zero attached hydrogens (tertiary/aromatic N) is 2. The van der Waals surface area contributed by atoms with Crippen molar-refractivity contribution in [3.8, 4) is 11.5 Å². The van der Waals surface area contributed by atoms with E-state index in [9.17, 15) is 9.59 Å². The largest absolute Gasteiger partial charge is 0.454 e. The predicted molar refractivity (Wildman–Crippen MR) is 148 cm³/mol. The number of hydrogen-bond acceptors (Lipinski definition) is 3. The van der Waals surface area contributed by atoms with Gasteiger partial charge in [0.25, 0.3) is 5.91 Å². The van der Waals surface area contributed by atoms with Crippen LogP contribution in [0.1, 0.15) is 10.4 Å². The Hall–Kier alpha value is -2.67. The molecule has 0 spiro atoms. The predicted octanol–water partition coefficient (Wildman–Crippen LogP) is 9.23. The summed E-state index contributed by atoms with van der Waals surface area (Å²) in [6.45, 7) is 0. The highest BCUT2D eigenvalue weighted by atomic mass is 35.5. The van der Waals surface area contributed by atoms with Crippen LogP contribution in [0.4, 0.5) is 10.5 Å². The molecule has 3 amide bonds. The molecule has 184 valence electrons. The van der Waals surface area contributed by atoms with Crippen LogP contribution < -0.4 is 9.64 Å². The van der Waals surface area contributed by atoms with Crippen LogP contribution >= 0.6 is 58.0 Å². The van der Waals surface area contributed by atoms with E-state index in [0.717, 1.165) is 15.7 Å². The van der Waals surface area contributed by atoms with Crippen LogP contribution in [0.2, 0.25) is 25.1 Å². The zero-order valence-electron chi connectivity index (χ0n) is 18.9. The number of fused-ring (bicyclic) bond motifs is 1. The van der Waals surface area contributed by atoms with E-state index in [1.807, 2.05) is 24.3 Å². The maximum absolute atomic E-state index is 13.1. The standard InChI is InChI=1S/C26H17Cl5N2O3/c1-32(26(35)33(2)25(34)23-18(28)8-5-9-19(23)29)14-12-20(30)24(21(31)13-14)36-22-11-10-17(27)15-6-3-4-7-16(15)22/h3-13H,1-2H3. The highest BCUT2D eigenvalue weighted by Gasteiger charge is 2.27. The number of rotatable bonds is 4. The van der Waals surface area contributed by atoms with Gasteiger partial charge in [-0.25, -0.2) is 4.79 Å². The number of ether oxygens (including phenoxy) is 1. The molecule has 0 aromatic heterocycles. The molecule has 0 fully saturated rings. The van der Waals surface area contributed by atoms with Crippen molar-refractivity contribution in [3.05, 3.63) is 97.4 Å². The van der Waals surface area contributed by atoms with E-state index in [-0.39, 0.29) is 31.4 Å². The fourth-order valence-electron chi connectivity index (χ4n) is 3.56. The number of halogens is 5. The number of carbonyl (C=O) groups is 2. The van der Waals surface area contributed by atoms with E-state index in [2.05, 4.69) is 0 Å². The Morgan fingerprint density at radius 3 is 1.89 bits per heavy atom. The molecule has 0 aliphatic carbocycles. The fourth-order valence-corrected chi connectivity index (χ4v) is 4.90. The Kier molecular flexibility index (Phi) is 7.88. The average Bonchev–Trinajstić information content (AvgIpc) is 2.86. The zero-order valence-corrected chi connectivity index (χ0v) is 22.6. The Balaban J connectivity index is 1.61. The Morgan fingerprint density at radius 1 is 0.694 bits per heavy atom. The van der Waals surface area contributed by atoms with Gasteiger partial charge < -0.3 is 4.74 Å². The van der Waals surface area contributed by atoms with Gasteiger partial charge in [-0.2, -0.15) is 0 Å². The van der Waals surface area contributed by atoms with Crippen molar-refractivity contribution in [2.24, 2.45) is 0 Å². The summed E-state index contributed by atoms with van der Waals surface area (Å²) < 4.78 is 6.05. The molecule has 0 saturated carbocycles. The number of hydrogen-bond donors (Lipinski definition) is 0. The SMILES string of the molecule is CN(C(=O)c1c(Cl)cccc1Cl)C(=O)N(C)c1cc(Cl)c(Oc2ccc(Cl)c3ccccc23)c(Cl)c1. The molecule has 0 unspecified atom stereocenters. The normalized spacial score (nSPS) is 10.9. The monoisotopic (exact) mass is 580 g/mol. The molecule has 4 rings (SSSR count). The van der Waals surface area contributed by atoms with E-state index in [4.69, 9.17) is 62.7 Å². The van der Waals surface area contributed by atoms with Gasteiger partial charge in [-0.05, 0) is 36.4 Å². The molecule has 5 nitrogen and oxygen atoms in total. The molecule has 4 aromatic rings. The maximum atomic E-state index is 13.1. The van der Waals surface area contributed by atoms with Crippen molar-refractivity contribution >= 4 is 86.4 Å². The van der Waals surface area contributed by atoms with Crippen molar-refractivity contribution in [3.63, 3.8) is 0 Å². The first-order chi connectivity index (χ1) is 17.1. The van der Waals surface area contributed by atoms with E-state index in [1.165, 1.54) is 43.3 Å². The van der Waals surface area contributed by atoms with Gasteiger partial charge in [-0.15, -0.1) is 0 Å². The summed E-state index contributed by atoms with van der Waals surface area (Å²) >= 11 is 31.6. The quantitative estimate of drug-likeness (QED) is 0.241. The van der Waals surface area contributed by atoms with Crippen LogP contribution in [0, 0.1) is 0 Å². The van der Waals surface area contributed by atoms with Gasteiger partial charge in [-0.1, -0.05) is 88.3 Å². The molecule has 0 N–H and O–H groups in total. The van der Waals surface area contributed by atoms with Gasteiger partial charge >= 0.3 is 6.03 Å². The van der Waals surface area contributed by atoms with E-state index >= 15 is 0 Å². The molecule has 0 radical (unpaired) electrons. The van der Waals surface area contributed by atoms with Gasteiger partial charge in [0.1, 0.15) is 5.75 Å². The number of urea groups is 1. The average molecular weight is 583 g/mol. The molecule has 0 atom stereocenters. The van der Waals surface area contributed by atoms with Crippen LogP contribution in [-0.2, 0) is 0 Å². The summed E-state index contributed by atoms with van der Waals surface area (Å²) in [5.41, 5.74) is 0.369. The third kappa shape index (κ3) is 5.08. The number of amides is 3. The number of carbonyl (C=O) groups excluding carboxylic acids is 2. The lowest BCUT2D eigenvalue weighted by Gasteiger charge is -2.25. The van der Waals surface area contributed by atoms with Gasteiger partial charge in [0, 0.05) is 35.6 Å². The molecular formula is C26H17Cl5N2O3. The minimum Gasteiger partial charge on any atom is -0.454 e. The van der Waals surface area contributed by atoms with Crippen molar-refractivity contribution in [1.29, 1.82) is 0 Å². The second-order valence-corrected chi connectivity index (χ2v) is 9.77. The Morgan fingerprint density at radius 2 is 1.28 bits per heavy atom. The third-order valence-corrected chi connectivity index (χ3v) is 6.99. The smallest absolute Gasteiger partial charge is 0.330 e. The summed E-state index contributed by atoms with van der Waals surface area (Å²) in [4.78, 5) is 28.1.